The second-order valence-corrected chi connectivity index (χ2v) is 9.61. The lowest BCUT2D eigenvalue weighted by atomic mass is 9.83. The van der Waals surface area contributed by atoms with E-state index in [1.54, 1.807) is 6.26 Å². The summed E-state index contributed by atoms with van der Waals surface area (Å²) in [5, 5.41) is 3.00. The second-order valence-electron chi connectivity index (χ2n) is 9.61. The standard InChI is InChI=1S/C28H33NO5/c1-19-4-2-5-20(30)8-9-23(28(19)31)24-18-34-26-11-10-21-22(27(24)26)6-3-7-25(21)33-17-14-29-12-15-32-16-13-29/h3,6-7,10-11,18-19,23H,2,4-5,8-9,12-17H2,1H3. The molecular weight excluding hydrogens is 430 g/mol. The number of morpholine rings is 1. The van der Waals surface area contributed by atoms with E-state index in [-0.39, 0.29) is 23.4 Å². The van der Waals surface area contributed by atoms with E-state index < -0.39 is 0 Å². The number of hydrogen-bond acceptors (Lipinski definition) is 6. The van der Waals surface area contributed by atoms with Gasteiger partial charge in [0.15, 0.2) is 0 Å². The summed E-state index contributed by atoms with van der Waals surface area (Å²) < 4.78 is 17.6. The van der Waals surface area contributed by atoms with Crippen LogP contribution in [0.1, 0.15) is 50.5 Å². The van der Waals surface area contributed by atoms with Crippen LogP contribution < -0.4 is 4.74 Å². The Morgan fingerprint density at radius 3 is 2.74 bits per heavy atom. The van der Waals surface area contributed by atoms with Crippen molar-refractivity contribution in [2.75, 3.05) is 39.5 Å². The van der Waals surface area contributed by atoms with Gasteiger partial charge in [-0.2, -0.15) is 0 Å². The molecule has 2 heterocycles. The summed E-state index contributed by atoms with van der Waals surface area (Å²) in [7, 11) is 0. The highest BCUT2D eigenvalue weighted by atomic mass is 16.5. The predicted octanol–water partition coefficient (Wildman–Crippen LogP) is 5.12. The van der Waals surface area contributed by atoms with Crippen LogP contribution in [0.3, 0.4) is 0 Å². The Morgan fingerprint density at radius 2 is 1.88 bits per heavy atom. The van der Waals surface area contributed by atoms with E-state index in [0.29, 0.717) is 25.9 Å². The zero-order valence-electron chi connectivity index (χ0n) is 19.9. The first-order valence-corrected chi connectivity index (χ1v) is 12.5. The quantitative estimate of drug-likeness (QED) is 0.523. The molecule has 2 aromatic carbocycles. The van der Waals surface area contributed by atoms with E-state index >= 15 is 0 Å². The fraction of sp³-hybridized carbons (Fsp3) is 0.500. The van der Waals surface area contributed by atoms with Crippen molar-refractivity contribution in [1.29, 1.82) is 0 Å². The molecule has 0 radical (unpaired) electrons. The van der Waals surface area contributed by atoms with Crippen LogP contribution >= 0.6 is 0 Å². The number of benzene rings is 2. The third-order valence-electron chi connectivity index (χ3n) is 7.36. The summed E-state index contributed by atoms with van der Waals surface area (Å²) in [6.45, 7) is 6.89. The zero-order chi connectivity index (χ0) is 23.5. The van der Waals surface area contributed by atoms with Crippen LogP contribution in [-0.4, -0.2) is 55.9 Å². The minimum Gasteiger partial charge on any atom is -0.492 e. The van der Waals surface area contributed by atoms with Crippen LogP contribution in [0.25, 0.3) is 21.7 Å². The Labute approximate surface area is 200 Å². The number of Topliss-reactive ketones (excluding diaryl/α,β-unsaturated/α-hetero) is 2. The van der Waals surface area contributed by atoms with Crippen molar-refractivity contribution < 1.29 is 23.5 Å². The van der Waals surface area contributed by atoms with Gasteiger partial charge in [-0.05, 0) is 42.8 Å². The second kappa shape index (κ2) is 10.3. The molecule has 0 spiro atoms. The number of carbonyl (C=O) groups excluding carboxylic acids is 2. The van der Waals surface area contributed by atoms with E-state index in [0.717, 1.165) is 78.7 Å². The van der Waals surface area contributed by atoms with Crippen LogP contribution in [0.4, 0.5) is 0 Å². The van der Waals surface area contributed by atoms with Gasteiger partial charge in [0.25, 0.3) is 0 Å². The van der Waals surface area contributed by atoms with Crippen molar-refractivity contribution in [3.8, 4) is 5.75 Å². The molecule has 180 valence electrons. The number of fused-ring (bicyclic) bond motifs is 3. The molecule has 2 atom stereocenters. The third kappa shape index (κ3) is 4.75. The van der Waals surface area contributed by atoms with Gasteiger partial charge in [0, 0.05) is 60.6 Å². The summed E-state index contributed by atoms with van der Waals surface area (Å²) in [6, 6.07) is 10.1. The van der Waals surface area contributed by atoms with Crippen LogP contribution in [0.15, 0.2) is 41.0 Å². The van der Waals surface area contributed by atoms with Gasteiger partial charge in [-0.25, -0.2) is 0 Å². The summed E-state index contributed by atoms with van der Waals surface area (Å²) in [6.07, 6.45) is 4.84. The van der Waals surface area contributed by atoms with Crippen LogP contribution in [0, 0.1) is 5.92 Å². The number of ether oxygens (including phenoxy) is 2. The molecule has 0 amide bonds. The van der Waals surface area contributed by atoms with E-state index in [4.69, 9.17) is 13.9 Å². The Morgan fingerprint density at radius 1 is 1.03 bits per heavy atom. The highest BCUT2D eigenvalue weighted by molar-refractivity contribution is 6.11. The lowest BCUT2D eigenvalue weighted by molar-refractivity contribution is -0.124. The van der Waals surface area contributed by atoms with Crippen molar-refractivity contribution >= 4 is 33.3 Å². The highest BCUT2D eigenvalue weighted by Gasteiger charge is 2.30. The fourth-order valence-electron chi connectivity index (χ4n) is 5.36. The first-order valence-electron chi connectivity index (χ1n) is 12.5. The van der Waals surface area contributed by atoms with Crippen molar-refractivity contribution in [2.24, 2.45) is 5.92 Å². The molecule has 6 nitrogen and oxygen atoms in total. The summed E-state index contributed by atoms with van der Waals surface area (Å²) >= 11 is 0. The Balaban J connectivity index is 1.47. The molecule has 2 aliphatic rings. The molecule has 2 unspecified atom stereocenters. The zero-order valence-corrected chi connectivity index (χ0v) is 19.9. The molecule has 1 saturated heterocycles. The van der Waals surface area contributed by atoms with Crippen LogP contribution in [0.2, 0.25) is 0 Å². The molecule has 0 N–H and O–H groups in total. The first-order chi connectivity index (χ1) is 16.6. The van der Waals surface area contributed by atoms with Gasteiger partial charge in [-0.15, -0.1) is 0 Å². The molecule has 5 rings (SSSR count). The van der Waals surface area contributed by atoms with E-state index in [1.807, 2.05) is 31.2 Å². The van der Waals surface area contributed by atoms with Crippen molar-refractivity contribution in [3.05, 3.63) is 42.2 Å². The molecule has 34 heavy (non-hydrogen) atoms. The van der Waals surface area contributed by atoms with Gasteiger partial charge >= 0.3 is 0 Å². The third-order valence-corrected chi connectivity index (χ3v) is 7.36. The summed E-state index contributed by atoms with van der Waals surface area (Å²) in [5.41, 5.74) is 1.66. The maximum Gasteiger partial charge on any atom is 0.143 e. The smallest absolute Gasteiger partial charge is 0.143 e. The topological polar surface area (TPSA) is 69.0 Å². The van der Waals surface area contributed by atoms with Crippen molar-refractivity contribution in [3.63, 3.8) is 0 Å². The average molecular weight is 464 g/mol. The number of furan rings is 1. The van der Waals surface area contributed by atoms with Gasteiger partial charge < -0.3 is 13.9 Å². The van der Waals surface area contributed by atoms with Gasteiger partial charge in [0.2, 0.25) is 0 Å². The molecule has 0 bridgehead atoms. The van der Waals surface area contributed by atoms with Gasteiger partial charge in [-0.1, -0.05) is 19.1 Å². The molecule has 1 saturated carbocycles. The molecule has 6 heteroatoms. The molecule has 1 aromatic heterocycles. The summed E-state index contributed by atoms with van der Waals surface area (Å²) in [4.78, 5) is 28.0. The molecule has 3 aromatic rings. The number of ketones is 2. The van der Waals surface area contributed by atoms with Gasteiger partial charge in [0.05, 0.1) is 19.5 Å². The molecular formula is C28H33NO5. The SMILES string of the molecule is CC1CCCC(=O)CCC(c2coc3ccc4c(OCCN5CCOCC5)cccc4c23)C1=O. The fourth-order valence-corrected chi connectivity index (χ4v) is 5.36. The first kappa shape index (κ1) is 23.1. The van der Waals surface area contributed by atoms with Crippen LogP contribution in [0.5, 0.6) is 5.75 Å². The number of nitrogens with zero attached hydrogens (tertiary/aromatic N) is 1. The maximum absolute atomic E-state index is 13.4. The number of rotatable bonds is 5. The van der Waals surface area contributed by atoms with E-state index in [1.165, 1.54) is 0 Å². The Bertz CT molecular complexity index is 1180. The van der Waals surface area contributed by atoms with E-state index in [2.05, 4.69) is 11.0 Å². The van der Waals surface area contributed by atoms with Gasteiger partial charge in [-0.3, -0.25) is 14.5 Å². The average Bonchev–Trinajstić information content (AvgIpc) is 3.30. The Hall–Kier alpha value is -2.70. The lowest BCUT2D eigenvalue weighted by Gasteiger charge is -2.26. The predicted molar refractivity (Wildman–Crippen MR) is 131 cm³/mol. The molecule has 1 aliphatic carbocycles. The minimum absolute atomic E-state index is 0.0603. The highest BCUT2D eigenvalue weighted by Crippen LogP contribution is 2.40. The molecule has 1 aliphatic heterocycles. The number of carbonyl (C=O) groups is 2. The van der Waals surface area contributed by atoms with Crippen LogP contribution in [-0.2, 0) is 14.3 Å². The lowest BCUT2D eigenvalue weighted by Crippen LogP contribution is -2.38. The monoisotopic (exact) mass is 463 g/mol. The minimum atomic E-state index is -0.324. The maximum atomic E-state index is 13.4. The van der Waals surface area contributed by atoms with E-state index in [9.17, 15) is 9.59 Å². The largest absolute Gasteiger partial charge is 0.492 e. The summed E-state index contributed by atoms with van der Waals surface area (Å²) in [5.74, 6) is 0.918. The number of hydrogen-bond donors (Lipinski definition) is 0. The van der Waals surface area contributed by atoms with Crippen molar-refractivity contribution in [1.82, 2.24) is 4.90 Å². The molecule has 2 fully saturated rings. The Kier molecular flexibility index (Phi) is 6.97. The van der Waals surface area contributed by atoms with Gasteiger partial charge in [0.1, 0.15) is 29.5 Å². The normalized spacial score (nSPS) is 23.1. The van der Waals surface area contributed by atoms with Crippen molar-refractivity contribution in [2.45, 2.75) is 44.9 Å².